The summed E-state index contributed by atoms with van der Waals surface area (Å²) in [6.07, 6.45) is 6.22. The van der Waals surface area contributed by atoms with Gasteiger partial charge in [0.2, 0.25) is 5.91 Å². The number of hydrogen-bond acceptors (Lipinski definition) is 3. The predicted molar refractivity (Wildman–Crippen MR) is 73.8 cm³/mol. The molecule has 0 unspecified atom stereocenters. The van der Waals surface area contributed by atoms with Gasteiger partial charge >= 0.3 is 0 Å². The van der Waals surface area contributed by atoms with Crippen LogP contribution in [0, 0.1) is 0 Å². The first-order valence-electron chi connectivity index (χ1n) is 6.72. The molecule has 2 aromatic rings. The van der Waals surface area contributed by atoms with E-state index in [0.717, 1.165) is 38.2 Å². The van der Waals surface area contributed by atoms with Gasteiger partial charge in [-0.15, -0.1) is 0 Å². The molecule has 0 spiro atoms. The van der Waals surface area contributed by atoms with Crippen molar-refractivity contribution in [1.29, 1.82) is 0 Å². The van der Waals surface area contributed by atoms with E-state index in [1.807, 2.05) is 23.4 Å². The summed E-state index contributed by atoms with van der Waals surface area (Å²) in [5, 5.41) is 4.43. The maximum Gasteiger partial charge on any atom is 0.224 e. The number of aryl methyl sites for hydroxylation is 1. The maximum atomic E-state index is 12.1. The molecule has 0 atom stereocenters. The van der Waals surface area contributed by atoms with Crippen molar-refractivity contribution in [2.24, 2.45) is 0 Å². The van der Waals surface area contributed by atoms with E-state index in [0.29, 0.717) is 6.42 Å². The fourth-order valence-electron chi connectivity index (χ4n) is 2.51. The Labute approximate surface area is 112 Å². The molecule has 1 aliphatic heterocycles. The summed E-state index contributed by atoms with van der Waals surface area (Å²) in [5.41, 5.74) is 1.09. The first kappa shape index (κ1) is 12.2. The zero-order valence-electron chi connectivity index (χ0n) is 10.9. The zero-order chi connectivity index (χ0) is 13.1. The number of carbonyl (C=O) groups is 1. The average Bonchev–Trinajstić information content (AvgIpc) is 2.89. The van der Waals surface area contributed by atoms with Crippen LogP contribution in [0.4, 0.5) is 0 Å². The number of rotatable bonds is 3. The van der Waals surface area contributed by atoms with Crippen LogP contribution in [0.25, 0.3) is 10.9 Å². The van der Waals surface area contributed by atoms with Gasteiger partial charge in [-0.05, 0) is 12.1 Å². The highest BCUT2D eigenvalue weighted by Gasteiger charge is 2.15. The largest absolute Gasteiger partial charge is 0.346 e. The summed E-state index contributed by atoms with van der Waals surface area (Å²) in [5.74, 6) is 0.243. The van der Waals surface area contributed by atoms with Gasteiger partial charge in [-0.25, -0.2) is 0 Å². The number of amides is 1. The number of aromatic nitrogens is 2. The quantitative estimate of drug-likeness (QED) is 0.888. The smallest absolute Gasteiger partial charge is 0.224 e. The molecule has 1 aliphatic rings. The van der Waals surface area contributed by atoms with Crippen molar-refractivity contribution in [2.45, 2.75) is 13.0 Å². The summed E-state index contributed by atoms with van der Waals surface area (Å²) in [6, 6.07) is 4.05. The number of nitrogens with zero attached hydrogens (tertiary/aromatic N) is 3. The second kappa shape index (κ2) is 5.40. The van der Waals surface area contributed by atoms with Crippen molar-refractivity contribution in [3.63, 3.8) is 0 Å². The number of piperazine rings is 1. The molecule has 0 aromatic carbocycles. The molecule has 0 bridgehead atoms. The van der Waals surface area contributed by atoms with E-state index in [2.05, 4.69) is 20.9 Å². The lowest BCUT2D eigenvalue weighted by Gasteiger charge is -2.27. The minimum Gasteiger partial charge on any atom is -0.346 e. The van der Waals surface area contributed by atoms with Crippen molar-refractivity contribution in [2.75, 3.05) is 26.2 Å². The second-order valence-corrected chi connectivity index (χ2v) is 4.82. The number of fused-ring (bicyclic) bond motifs is 1. The molecule has 1 N–H and O–H groups in total. The highest BCUT2D eigenvalue weighted by molar-refractivity contribution is 5.79. The number of carbonyl (C=O) groups excluding carboxylic acids is 1. The molecule has 1 saturated heterocycles. The third kappa shape index (κ3) is 2.61. The molecular formula is C14H18N4O. The molecule has 0 radical (unpaired) electrons. The lowest BCUT2D eigenvalue weighted by Crippen LogP contribution is -2.46. The van der Waals surface area contributed by atoms with Gasteiger partial charge in [0.25, 0.3) is 0 Å². The standard InChI is InChI=1S/C14H18N4O/c19-14(18-9-5-15-6-10-18)3-8-17-7-2-12-1-4-16-11-13(12)17/h1-2,4,7,11,15H,3,5-6,8-10H2. The Morgan fingerprint density at radius 1 is 1.32 bits per heavy atom. The van der Waals surface area contributed by atoms with Crippen LogP contribution < -0.4 is 5.32 Å². The van der Waals surface area contributed by atoms with Crippen molar-refractivity contribution in [3.8, 4) is 0 Å². The zero-order valence-corrected chi connectivity index (χ0v) is 10.9. The van der Waals surface area contributed by atoms with Gasteiger partial charge < -0.3 is 14.8 Å². The summed E-state index contributed by atoms with van der Waals surface area (Å²) < 4.78 is 2.10. The molecule has 2 aromatic heterocycles. The molecule has 1 fully saturated rings. The topological polar surface area (TPSA) is 50.2 Å². The van der Waals surface area contributed by atoms with Gasteiger partial charge in [0.15, 0.2) is 0 Å². The number of nitrogens with one attached hydrogen (secondary N) is 1. The van der Waals surface area contributed by atoms with E-state index < -0.39 is 0 Å². The van der Waals surface area contributed by atoms with Crippen molar-refractivity contribution in [1.82, 2.24) is 19.8 Å². The summed E-state index contributed by atoms with van der Waals surface area (Å²) in [4.78, 5) is 18.2. The molecule has 5 heteroatoms. The first-order valence-corrected chi connectivity index (χ1v) is 6.72. The molecule has 0 aliphatic carbocycles. The van der Waals surface area contributed by atoms with Crippen LogP contribution in [0.5, 0.6) is 0 Å². The Hall–Kier alpha value is -1.88. The number of hydrogen-bond donors (Lipinski definition) is 1. The van der Waals surface area contributed by atoms with E-state index in [1.54, 1.807) is 6.20 Å². The monoisotopic (exact) mass is 258 g/mol. The normalized spacial score (nSPS) is 15.9. The van der Waals surface area contributed by atoms with Gasteiger partial charge in [0.05, 0.1) is 11.7 Å². The molecule has 0 saturated carbocycles. The van der Waals surface area contributed by atoms with E-state index in [-0.39, 0.29) is 5.91 Å². The fraction of sp³-hybridized carbons (Fsp3) is 0.429. The van der Waals surface area contributed by atoms with Crippen LogP contribution in [0.2, 0.25) is 0 Å². The van der Waals surface area contributed by atoms with Crippen LogP contribution in [0.15, 0.2) is 30.7 Å². The Morgan fingerprint density at radius 2 is 2.16 bits per heavy atom. The predicted octanol–water partition coefficient (Wildman–Crippen LogP) is 0.858. The molecule has 100 valence electrons. The van der Waals surface area contributed by atoms with Crippen LogP contribution in [0.1, 0.15) is 6.42 Å². The Balaban J connectivity index is 1.64. The highest BCUT2D eigenvalue weighted by Crippen LogP contribution is 2.14. The lowest BCUT2D eigenvalue weighted by atomic mass is 10.3. The summed E-state index contributed by atoms with van der Waals surface area (Å²) in [6.45, 7) is 4.18. The summed E-state index contributed by atoms with van der Waals surface area (Å²) in [7, 11) is 0. The molecular weight excluding hydrogens is 240 g/mol. The van der Waals surface area contributed by atoms with E-state index in [1.165, 1.54) is 5.39 Å². The summed E-state index contributed by atoms with van der Waals surface area (Å²) >= 11 is 0. The van der Waals surface area contributed by atoms with Crippen molar-refractivity contribution >= 4 is 16.8 Å². The Kier molecular flexibility index (Phi) is 3.46. The Morgan fingerprint density at radius 3 is 3.00 bits per heavy atom. The van der Waals surface area contributed by atoms with E-state index in [4.69, 9.17) is 0 Å². The molecule has 5 nitrogen and oxygen atoms in total. The van der Waals surface area contributed by atoms with Gasteiger partial charge in [-0.2, -0.15) is 0 Å². The van der Waals surface area contributed by atoms with E-state index >= 15 is 0 Å². The lowest BCUT2D eigenvalue weighted by molar-refractivity contribution is -0.131. The van der Waals surface area contributed by atoms with Crippen LogP contribution in [0.3, 0.4) is 0 Å². The molecule has 19 heavy (non-hydrogen) atoms. The maximum absolute atomic E-state index is 12.1. The number of pyridine rings is 1. The first-order chi connectivity index (χ1) is 9.34. The molecule has 1 amide bonds. The molecule has 3 rings (SSSR count). The minimum absolute atomic E-state index is 0.243. The van der Waals surface area contributed by atoms with Crippen molar-refractivity contribution < 1.29 is 4.79 Å². The fourth-order valence-corrected chi connectivity index (χ4v) is 2.51. The highest BCUT2D eigenvalue weighted by atomic mass is 16.2. The molecule has 3 heterocycles. The van der Waals surface area contributed by atoms with E-state index in [9.17, 15) is 4.79 Å². The third-order valence-electron chi connectivity index (χ3n) is 3.61. The third-order valence-corrected chi connectivity index (χ3v) is 3.61. The van der Waals surface area contributed by atoms with Gasteiger partial charge in [0.1, 0.15) is 0 Å². The van der Waals surface area contributed by atoms with Gasteiger partial charge in [0, 0.05) is 56.9 Å². The van der Waals surface area contributed by atoms with Crippen LogP contribution in [-0.2, 0) is 11.3 Å². The minimum atomic E-state index is 0.243. The van der Waals surface area contributed by atoms with Crippen LogP contribution >= 0.6 is 0 Å². The van der Waals surface area contributed by atoms with Gasteiger partial charge in [-0.3, -0.25) is 9.78 Å². The Bertz CT molecular complexity index is 572. The second-order valence-electron chi connectivity index (χ2n) is 4.82. The van der Waals surface area contributed by atoms with Crippen LogP contribution in [-0.4, -0.2) is 46.5 Å². The SMILES string of the molecule is O=C(CCn1ccc2ccncc21)N1CCNCC1. The van der Waals surface area contributed by atoms with Crippen molar-refractivity contribution in [3.05, 3.63) is 30.7 Å². The van der Waals surface area contributed by atoms with Gasteiger partial charge in [-0.1, -0.05) is 0 Å². The average molecular weight is 258 g/mol.